The van der Waals surface area contributed by atoms with Crippen LogP contribution in [0.2, 0.25) is 5.02 Å². The van der Waals surface area contributed by atoms with Gasteiger partial charge in [-0.1, -0.05) is 41.9 Å². The number of hydrogen-bond acceptors (Lipinski definition) is 10. The van der Waals surface area contributed by atoms with Crippen LogP contribution in [0.1, 0.15) is 73.3 Å². The number of furan rings is 1. The SMILES string of the molecule is CC(=O)[C@H](C)NC(=O)[C@@H]1Cc2ccc(O)c(c2)-c2cc(cc3cc(CN)oc23)[C@H](N(C)C(=O)[C@H](CCCCN)NC(=O)c2ccc(-c3ccc(Cl)cc3)cc2)C(=O)N[C@@H](C)C(=O)N1. The lowest BCUT2D eigenvalue weighted by Gasteiger charge is -2.32. The van der Waals surface area contributed by atoms with Gasteiger partial charge < -0.3 is 47.2 Å². The number of halogens is 1. The Morgan fingerprint density at radius 1 is 0.889 bits per heavy atom. The van der Waals surface area contributed by atoms with E-state index in [-0.39, 0.29) is 36.5 Å². The summed E-state index contributed by atoms with van der Waals surface area (Å²) in [6.45, 7) is 4.68. The molecule has 1 aliphatic rings. The number of nitrogens with one attached hydrogen (secondary N) is 4. The van der Waals surface area contributed by atoms with Crippen molar-refractivity contribution < 1.29 is 38.3 Å². The van der Waals surface area contributed by atoms with Crippen LogP contribution >= 0.6 is 11.6 Å². The number of nitrogens with two attached hydrogens (primary N) is 2. The zero-order chi connectivity index (χ0) is 45.5. The second kappa shape index (κ2) is 20.1. The largest absolute Gasteiger partial charge is 0.507 e. The van der Waals surface area contributed by atoms with Gasteiger partial charge in [0.1, 0.15) is 41.3 Å². The van der Waals surface area contributed by atoms with Crippen LogP contribution in [0.5, 0.6) is 5.75 Å². The molecule has 9 N–H and O–H groups in total. The van der Waals surface area contributed by atoms with Crippen LogP contribution in [0.4, 0.5) is 0 Å². The fourth-order valence-electron chi connectivity index (χ4n) is 7.50. The number of ketones is 1. The minimum Gasteiger partial charge on any atom is -0.507 e. The van der Waals surface area contributed by atoms with Crippen molar-refractivity contribution in [2.75, 3.05) is 13.6 Å². The van der Waals surface area contributed by atoms with Gasteiger partial charge in [-0.25, -0.2) is 0 Å². The third kappa shape index (κ3) is 10.7. The molecule has 5 atom stereocenters. The Balaban J connectivity index is 1.41. The predicted molar refractivity (Wildman–Crippen MR) is 239 cm³/mol. The van der Waals surface area contributed by atoms with Crippen molar-refractivity contribution in [1.82, 2.24) is 26.2 Å². The molecule has 16 heteroatoms. The minimum atomic E-state index is -1.41. The average molecular weight is 878 g/mol. The number of phenols is 1. The molecule has 63 heavy (non-hydrogen) atoms. The van der Waals surface area contributed by atoms with Gasteiger partial charge in [0, 0.05) is 40.6 Å². The van der Waals surface area contributed by atoms with Crippen LogP contribution in [0, 0.1) is 0 Å². The van der Waals surface area contributed by atoms with Gasteiger partial charge in [0.25, 0.3) is 5.91 Å². The summed E-state index contributed by atoms with van der Waals surface area (Å²) in [7, 11) is 1.43. The molecule has 2 heterocycles. The molecule has 0 saturated heterocycles. The molecule has 4 bridgehead atoms. The van der Waals surface area contributed by atoms with E-state index in [2.05, 4.69) is 21.3 Å². The van der Waals surface area contributed by atoms with E-state index in [1.165, 1.54) is 38.8 Å². The Hall–Kier alpha value is -6.55. The van der Waals surface area contributed by atoms with Crippen molar-refractivity contribution in [3.05, 3.63) is 112 Å². The number of likely N-dealkylation sites (N-methyl/N-ethyl adjacent to an activating group) is 1. The van der Waals surface area contributed by atoms with E-state index >= 15 is 0 Å². The Labute approximate surface area is 369 Å². The van der Waals surface area contributed by atoms with E-state index in [1.807, 2.05) is 12.1 Å². The monoisotopic (exact) mass is 877 g/mol. The number of fused-ring (bicyclic) bond motifs is 7. The maximum Gasteiger partial charge on any atom is 0.251 e. The standard InChI is InChI=1S/C47H52ClN7O8/c1-25(27(3)56)51-45(60)39-20-28-8-17-40(57)36(19-28)37-23-32(21-33-22-35(24-50)63-42(33)37)41(46(61)52-26(2)43(58)54-39)55(4)47(62)38(7-5-6-18-49)53-44(59)31-11-9-29(10-12-31)30-13-15-34(48)16-14-30/h8-17,19,21-23,25-26,38-39,41,57H,5-7,18,20,24,49-50H2,1-4H3,(H,51,60)(H,52,61)(H,53,59)(H,54,58)/t25-,26-,38-,39-,41-/m0/s1. The van der Waals surface area contributed by atoms with Crippen LogP contribution in [0.25, 0.3) is 33.2 Å². The van der Waals surface area contributed by atoms with Crippen molar-refractivity contribution in [2.45, 2.75) is 83.2 Å². The van der Waals surface area contributed by atoms with Crippen molar-refractivity contribution in [3.63, 3.8) is 0 Å². The predicted octanol–water partition coefficient (Wildman–Crippen LogP) is 4.65. The minimum absolute atomic E-state index is 0.0343. The van der Waals surface area contributed by atoms with Gasteiger partial charge in [-0.2, -0.15) is 0 Å². The highest BCUT2D eigenvalue weighted by atomic mass is 35.5. The number of carbonyl (C=O) groups is 6. The summed E-state index contributed by atoms with van der Waals surface area (Å²) in [5.41, 5.74) is 15.7. The van der Waals surface area contributed by atoms with Crippen LogP contribution < -0.4 is 32.7 Å². The molecule has 330 valence electrons. The van der Waals surface area contributed by atoms with Crippen molar-refractivity contribution >= 4 is 57.9 Å². The fraction of sp³-hybridized carbons (Fsp3) is 0.319. The maximum atomic E-state index is 14.8. The van der Waals surface area contributed by atoms with Gasteiger partial charge in [0.15, 0.2) is 5.78 Å². The third-order valence-corrected chi connectivity index (χ3v) is 11.5. The highest BCUT2D eigenvalue weighted by molar-refractivity contribution is 6.30. The van der Waals surface area contributed by atoms with Gasteiger partial charge in [-0.05, 0) is 123 Å². The van der Waals surface area contributed by atoms with Gasteiger partial charge in [-0.3, -0.25) is 28.8 Å². The summed E-state index contributed by atoms with van der Waals surface area (Å²) in [4.78, 5) is 83.9. The zero-order valence-electron chi connectivity index (χ0n) is 35.5. The topological polar surface area (TPSA) is 239 Å². The van der Waals surface area contributed by atoms with E-state index in [0.717, 1.165) is 11.1 Å². The fourth-order valence-corrected chi connectivity index (χ4v) is 7.63. The van der Waals surface area contributed by atoms with Crippen LogP contribution in [0.15, 0.2) is 89.3 Å². The summed E-state index contributed by atoms with van der Waals surface area (Å²) < 4.78 is 6.16. The molecule has 4 aromatic carbocycles. The number of hydrogen-bond donors (Lipinski definition) is 7. The van der Waals surface area contributed by atoms with E-state index < -0.39 is 59.7 Å². The first-order chi connectivity index (χ1) is 30.1. The zero-order valence-corrected chi connectivity index (χ0v) is 36.3. The molecule has 0 unspecified atom stereocenters. The Morgan fingerprint density at radius 2 is 1.57 bits per heavy atom. The molecular weight excluding hydrogens is 826 g/mol. The lowest BCUT2D eigenvalue weighted by Crippen LogP contribution is -2.56. The number of rotatable bonds is 13. The first kappa shape index (κ1) is 46.0. The highest BCUT2D eigenvalue weighted by Gasteiger charge is 2.36. The third-order valence-electron chi connectivity index (χ3n) is 11.2. The number of amides is 5. The summed E-state index contributed by atoms with van der Waals surface area (Å²) >= 11 is 6.06. The molecule has 5 amide bonds. The normalized spacial score (nSPS) is 17.4. The molecule has 1 aromatic heterocycles. The average Bonchev–Trinajstić information content (AvgIpc) is 3.69. The van der Waals surface area contributed by atoms with E-state index in [0.29, 0.717) is 63.4 Å². The molecule has 0 saturated carbocycles. The highest BCUT2D eigenvalue weighted by Crippen LogP contribution is 2.40. The molecule has 0 spiro atoms. The van der Waals surface area contributed by atoms with E-state index in [1.54, 1.807) is 66.7 Å². The Kier molecular flexibility index (Phi) is 14.7. The number of Topliss-reactive ketones (excluding diaryl/α,β-unsaturated/α-hetero) is 1. The first-order valence-electron chi connectivity index (χ1n) is 20.7. The number of benzene rings is 4. The summed E-state index contributed by atoms with van der Waals surface area (Å²) in [5, 5.41) is 23.4. The van der Waals surface area contributed by atoms with E-state index in [9.17, 15) is 33.9 Å². The quantitative estimate of drug-likeness (QED) is 0.0809. The molecule has 5 aromatic rings. The summed E-state index contributed by atoms with van der Waals surface area (Å²) in [5.74, 6) is -3.27. The van der Waals surface area contributed by atoms with Gasteiger partial charge in [-0.15, -0.1) is 0 Å². The van der Waals surface area contributed by atoms with Gasteiger partial charge in [0.05, 0.1) is 12.6 Å². The maximum absolute atomic E-state index is 14.8. The van der Waals surface area contributed by atoms with Crippen molar-refractivity contribution in [1.29, 1.82) is 0 Å². The summed E-state index contributed by atoms with van der Waals surface area (Å²) in [6, 6.07) is 18.1. The van der Waals surface area contributed by atoms with Crippen molar-refractivity contribution in [2.24, 2.45) is 11.5 Å². The summed E-state index contributed by atoms with van der Waals surface area (Å²) in [6.07, 6.45) is 1.19. The second-order valence-corrected chi connectivity index (χ2v) is 16.3. The Morgan fingerprint density at radius 3 is 2.22 bits per heavy atom. The molecule has 15 nitrogen and oxygen atoms in total. The van der Waals surface area contributed by atoms with Crippen molar-refractivity contribution in [3.8, 4) is 28.0 Å². The number of phenolic OH excluding ortho intramolecular Hbond substituents is 1. The van der Waals surface area contributed by atoms with Crippen LogP contribution in [0.3, 0.4) is 0 Å². The first-order valence-corrected chi connectivity index (χ1v) is 21.1. The molecule has 0 radical (unpaired) electrons. The number of carbonyl (C=O) groups excluding carboxylic acids is 6. The van der Waals surface area contributed by atoms with Crippen LogP contribution in [-0.2, 0) is 36.9 Å². The molecule has 6 rings (SSSR count). The number of nitrogens with zero attached hydrogens (tertiary/aromatic N) is 1. The lowest BCUT2D eigenvalue weighted by atomic mass is 9.92. The molecular formula is C47H52ClN7O8. The van der Waals surface area contributed by atoms with E-state index in [4.69, 9.17) is 27.5 Å². The van der Waals surface area contributed by atoms with Gasteiger partial charge in [0.2, 0.25) is 23.6 Å². The second-order valence-electron chi connectivity index (χ2n) is 15.8. The lowest BCUT2D eigenvalue weighted by molar-refractivity contribution is -0.141. The number of aromatic hydroxyl groups is 1. The van der Waals surface area contributed by atoms with Gasteiger partial charge >= 0.3 is 0 Å². The number of unbranched alkanes of at least 4 members (excludes halogenated alkanes) is 1. The van der Waals surface area contributed by atoms with Crippen LogP contribution in [-0.4, -0.2) is 83.1 Å². The smallest absolute Gasteiger partial charge is 0.251 e. The Bertz CT molecular complexity index is 2520. The molecule has 0 aliphatic carbocycles. The molecule has 1 aliphatic heterocycles. The molecule has 0 fully saturated rings.